The second kappa shape index (κ2) is 5.31. The van der Waals surface area contributed by atoms with Gasteiger partial charge in [-0.1, -0.05) is 24.8 Å². The van der Waals surface area contributed by atoms with Gasteiger partial charge in [0.2, 0.25) is 0 Å². The number of anilines is 1. The molecule has 0 bridgehead atoms. The maximum atomic E-state index is 12.4. The van der Waals surface area contributed by atoms with Gasteiger partial charge < -0.3 is 9.88 Å². The molecule has 0 aliphatic heterocycles. The van der Waals surface area contributed by atoms with E-state index >= 15 is 0 Å². The standard InChI is InChI=1S/C16H20N2O/c1-5-18(6-2)16-14(15(19)11(3)4)12-9-7-8-10-13(12)17-16/h7-10,17H,3,5-6H2,1-2,4H3. The molecule has 2 aromatic rings. The molecule has 0 saturated carbocycles. The molecule has 0 saturated heterocycles. The van der Waals surface area contributed by atoms with Crippen molar-refractivity contribution >= 4 is 22.5 Å². The van der Waals surface area contributed by atoms with Crippen LogP contribution in [0, 0.1) is 0 Å². The van der Waals surface area contributed by atoms with Crippen LogP contribution in [0.5, 0.6) is 0 Å². The predicted octanol–water partition coefficient (Wildman–Crippen LogP) is 3.77. The SMILES string of the molecule is C=C(C)C(=O)c1c(N(CC)CC)[nH]c2ccccc12. The maximum Gasteiger partial charge on any atom is 0.192 e. The molecular formula is C16H20N2O. The first-order chi connectivity index (χ1) is 9.10. The van der Waals surface area contributed by atoms with Crippen molar-refractivity contribution in [2.75, 3.05) is 18.0 Å². The minimum atomic E-state index is 0.0133. The Morgan fingerprint density at radius 1 is 1.26 bits per heavy atom. The Labute approximate surface area is 113 Å². The van der Waals surface area contributed by atoms with Crippen LogP contribution in [-0.2, 0) is 0 Å². The molecule has 100 valence electrons. The lowest BCUT2D eigenvalue weighted by molar-refractivity contribution is 0.103. The first-order valence-electron chi connectivity index (χ1n) is 6.66. The monoisotopic (exact) mass is 256 g/mol. The second-order valence-electron chi connectivity index (χ2n) is 4.68. The zero-order valence-electron chi connectivity index (χ0n) is 11.8. The van der Waals surface area contributed by atoms with E-state index in [1.807, 2.05) is 24.3 Å². The summed E-state index contributed by atoms with van der Waals surface area (Å²) in [5.74, 6) is 0.915. The van der Waals surface area contributed by atoms with E-state index in [-0.39, 0.29) is 5.78 Å². The number of rotatable bonds is 5. The minimum absolute atomic E-state index is 0.0133. The molecule has 0 spiro atoms. The summed E-state index contributed by atoms with van der Waals surface area (Å²) in [6.07, 6.45) is 0. The van der Waals surface area contributed by atoms with E-state index in [0.29, 0.717) is 5.57 Å². The number of para-hydroxylation sites is 1. The highest BCUT2D eigenvalue weighted by Gasteiger charge is 2.21. The maximum absolute atomic E-state index is 12.4. The smallest absolute Gasteiger partial charge is 0.192 e. The van der Waals surface area contributed by atoms with Gasteiger partial charge in [0.15, 0.2) is 5.78 Å². The first-order valence-corrected chi connectivity index (χ1v) is 6.66. The van der Waals surface area contributed by atoms with Gasteiger partial charge in [-0.05, 0) is 32.4 Å². The molecule has 0 radical (unpaired) electrons. The molecule has 1 heterocycles. The molecule has 0 fully saturated rings. The fourth-order valence-electron chi connectivity index (χ4n) is 2.35. The average molecular weight is 256 g/mol. The number of nitrogens with zero attached hydrogens (tertiary/aromatic N) is 1. The van der Waals surface area contributed by atoms with E-state index in [4.69, 9.17) is 0 Å². The lowest BCUT2D eigenvalue weighted by Gasteiger charge is -2.20. The van der Waals surface area contributed by atoms with E-state index in [0.717, 1.165) is 35.4 Å². The molecule has 1 aromatic heterocycles. The van der Waals surface area contributed by atoms with Gasteiger partial charge in [0.1, 0.15) is 5.82 Å². The Hall–Kier alpha value is -2.03. The van der Waals surface area contributed by atoms with Crippen LogP contribution in [0.3, 0.4) is 0 Å². The predicted molar refractivity (Wildman–Crippen MR) is 81.0 cm³/mol. The number of H-pyrrole nitrogens is 1. The van der Waals surface area contributed by atoms with Gasteiger partial charge in [0.25, 0.3) is 0 Å². The molecule has 19 heavy (non-hydrogen) atoms. The summed E-state index contributed by atoms with van der Waals surface area (Å²) >= 11 is 0. The highest BCUT2D eigenvalue weighted by Crippen LogP contribution is 2.30. The molecule has 0 amide bonds. The molecule has 1 N–H and O–H groups in total. The van der Waals surface area contributed by atoms with Gasteiger partial charge in [0, 0.05) is 24.0 Å². The summed E-state index contributed by atoms with van der Waals surface area (Å²) < 4.78 is 0. The fourth-order valence-corrected chi connectivity index (χ4v) is 2.35. The third-order valence-corrected chi connectivity index (χ3v) is 3.38. The van der Waals surface area contributed by atoms with Crippen molar-refractivity contribution < 1.29 is 4.79 Å². The number of benzene rings is 1. The summed E-state index contributed by atoms with van der Waals surface area (Å²) in [6.45, 7) is 11.4. The molecule has 3 nitrogen and oxygen atoms in total. The molecule has 0 unspecified atom stereocenters. The summed E-state index contributed by atoms with van der Waals surface area (Å²) in [6, 6.07) is 7.91. The van der Waals surface area contributed by atoms with Crippen molar-refractivity contribution in [2.24, 2.45) is 0 Å². The molecule has 0 atom stereocenters. The highest BCUT2D eigenvalue weighted by molar-refractivity contribution is 6.19. The number of carbonyl (C=O) groups is 1. The molecule has 1 aromatic carbocycles. The Morgan fingerprint density at radius 3 is 2.47 bits per heavy atom. The topological polar surface area (TPSA) is 36.1 Å². The number of allylic oxidation sites excluding steroid dienone is 1. The van der Waals surface area contributed by atoms with E-state index in [2.05, 4.69) is 30.3 Å². The van der Waals surface area contributed by atoms with Crippen LogP contribution < -0.4 is 4.90 Å². The van der Waals surface area contributed by atoms with Gasteiger partial charge in [0.05, 0.1) is 5.56 Å². The van der Waals surface area contributed by atoms with Gasteiger partial charge in [-0.15, -0.1) is 0 Å². The van der Waals surface area contributed by atoms with E-state index < -0.39 is 0 Å². The van der Waals surface area contributed by atoms with E-state index in [1.54, 1.807) is 6.92 Å². The van der Waals surface area contributed by atoms with Crippen molar-refractivity contribution in [1.82, 2.24) is 4.98 Å². The lowest BCUT2D eigenvalue weighted by atomic mass is 10.0. The van der Waals surface area contributed by atoms with Gasteiger partial charge in [-0.25, -0.2) is 0 Å². The van der Waals surface area contributed by atoms with Gasteiger partial charge in [-0.3, -0.25) is 4.79 Å². The number of Topliss-reactive ketones (excluding diaryl/α,β-unsaturated/α-hetero) is 1. The Kier molecular flexibility index (Phi) is 3.74. The molecular weight excluding hydrogens is 236 g/mol. The largest absolute Gasteiger partial charge is 0.358 e. The summed E-state index contributed by atoms with van der Waals surface area (Å²) in [5.41, 5.74) is 2.30. The van der Waals surface area contributed by atoms with Crippen molar-refractivity contribution in [3.8, 4) is 0 Å². The third-order valence-electron chi connectivity index (χ3n) is 3.38. The summed E-state index contributed by atoms with van der Waals surface area (Å²) in [5, 5.41) is 0.970. The Balaban J connectivity index is 2.71. The van der Waals surface area contributed by atoms with Gasteiger partial charge >= 0.3 is 0 Å². The summed E-state index contributed by atoms with van der Waals surface area (Å²) in [4.78, 5) is 18.0. The number of nitrogens with one attached hydrogen (secondary N) is 1. The Bertz CT molecular complexity index is 621. The molecule has 2 rings (SSSR count). The van der Waals surface area contributed by atoms with Crippen LogP contribution in [0.4, 0.5) is 5.82 Å². The number of hydrogen-bond acceptors (Lipinski definition) is 2. The fraction of sp³-hybridized carbons (Fsp3) is 0.312. The van der Waals surface area contributed by atoms with Gasteiger partial charge in [-0.2, -0.15) is 0 Å². The Morgan fingerprint density at radius 2 is 1.89 bits per heavy atom. The number of fused-ring (bicyclic) bond motifs is 1. The highest BCUT2D eigenvalue weighted by atomic mass is 16.1. The van der Waals surface area contributed by atoms with Crippen molar-refractivity contribution in [2.45, 2.75) is 20.8 Å². The quantitative estimate of drug-likeness (QED) is 0.653. The number of hydrogen-bond donors (Lipinski definition) is 1. The normalized spacial score (nSPS) is 10.7. The van der Waals surface area contributed by atoms with Crippen molar-refractivity contribution in [1.29, 1.82) is 0 Å². The van der Waals surface area contributed by atoms with Crippen LogP contribution in [0.2, 0.25) is 0 Å². The molecule has 3 heteroatoms. The average Bonchev–Trinajstić information content (AvgIpc) is 2.78. The lowest BCUT2D eigenvalue weighted by Crippen LogP contribution is -2.24. The van der Waals surface area contributed by atoms with Crippen LogP contribution in [0.15, 0.2) is 36.4 Å². The third kappa shape index (κ3) is 2.28. The zero-order chi connectivity index (χ0) is 14.0. The number of carbonyl (C=O) groups excluding carboxylic acids is 1. The number of ketones is 1. The van der Waals surface area contributed by atoms with Crippen molar-refractivity contribution in [3.63, 3.8) is 0 Å². The van der Waals surface area contributed by atoms with Crippen LogP contribution in [-0.4, -0.2) is 23.9 Å². The molecule has 0 aliphatic carbocycles. The molecule has 0 aliphatic rings. The van der Waals surface area contributed by atoms with Crippen LogP contribution >= 0.6 is 0 Å². The second-order valence-corrected chi connectivity index (χ2v) is 4.68. The van der Waals surface area contributed by atoms with Crippen molar-refractivity contribution in [3.05, 3.63) is 42.0 Å². The van der Waals surface area contributed by atoms with Crippen LogP contribution in [0.25, 0.3) is 10.9 Å². The minimum Gasteiger partial charge on any atom is -0.358 e. The number of aromatic amines is 1. The first kappa shape index (κ1) is 13.4. The number of aromatic nitrogens is 1. The van der Waals surface area contributed by atoms with Crippen LogP contribution in [0.1, 0.15) is 31.1 Å². The zero-order valence-corrected chi connectivity index (χ0v) is 11.8. The summed E-state index contributed by atoms with van der Waals surface area (Å²) in [7, 11) is 0. The van der Waals surface area contributed by atoms with E-state index in [1.165, 1.54) is 0 Å². The van der Waals surface area contributed by atoms with E-state index in [9.17, 15) is 4.79 Å².